The molecular formula is C26H39N5O4. The lowest BCUT2D eigenvalue weighted by Crippen LogP contribution is -2.58. The van der Waals surface area contributed by atoms with Gasteiger partial charge in [0.1, 0.15) is 24.0 Å². The van der Waals surface area contributed by atoms with Crippen molar-refractivity contribution in [1.82, 2.24) is 15.5 Å². The van der Waals surface area contributed by atoms with E-state index in [-0.39, 0.29) is 35.5 Å². The third-order valence-electron chi connectivity index (χ3n) is 7.53. The Hall–Kier alpha value is -2.94. The zero-order chi connectivity index (χ0) is 25.7. The van der Waals surface area contributed by atoms with Crippen LogP contribution in [0.25, 0.3) is 0 Å². The summed E-state index contributed by atoms with van der Waals surface area (Å²) in [6.07, 6.45) is 4.00. The molecule has 35 heavy (non-hydrogen) atoms. The van der Waals surface area contributed by atoms with Gasteiger partial charge in [-0.1, -0.05) is 57.4 Å². The molecule has 0 unspecified atom stereocenters. The van der Waals surface area contributed by atoms with Crippen LogP contribution in [-0.2, 0) is 20.9 Å². The second-order valence-electron chi connectivity index (χ2n) is 9.99. The SMILES string of the molecule is CC[C@H](C)[C@@H](NC(=O)[C@@H](C)O)C(=O)N1[C@H](C(=O)NCc2ccc(C(=N)N)cc2)C[C@@H]2CCCC[C@@H]21. The number of rotatable bonds is 9. The van der Waals surface area contributed by atoms with Gasteiger partial charge in [0, 0.05) is 18.2 Å². The molecule has 3 rings (SSSR count). The first-order chi connectivity index (χ1) is 16.6. The lowest BCUT2D eigenvalue weighted by atomic mass is 9.84. The van der Waals surface area contributed by atoms with Crippen molar-refractivity contribution in [2.75, 3.05) is 0 Å². The molecular weight excluding hydrogens is 446 g/mol. The molecule has 192 valence electrons. The predicted octanol–water partition coefficient (Wildman–Crippen LogP) is 1.66. The van der Waals surface area contributed by atoms with Crippen LogP contribution in [0.2, 0.25) is 0 Å². The summed E-state index contributed by atoms with van der Waals surface area (Å²) in [5.74, 6) is -0.915. The number of fused-ring (bicyclic) bond motifs is 1. The molecule has 6 N–H and O–H groups in total. The van der Waals surface area contributed by atoms with Gasteiger partial charge >= 0.3 is 0 Å². The molecule has 1 heterocycles. The predicted molar refractivity (Wildman–Crippen MR) is 133 cm³/mol. The number of likely N-dealkylation sites (tertiary alicyclic amines) is 1. The van der Waals surface area contributed by atoms with Crippen molar-refractivity contribution in [2.24, 2.45) is 17.6 Å². The molecule has 2 fully saturated rings. The number of aliphatic hydroxyl groups excluding tert-OH is 1. The van der Waals surface area contributed by atoms with Crippen LogP contribution in [0.15, 0.2) is 24.3 Å². The van der Waals surface area contributed by atoms with Gasteiger partial charge in [0.05, 0.1) is 0 Å². The highest BCUT2D eigenvalue weighted by atomic mass is 16.3. The summed E-state index contributed by atoms with van der Waals surface area (Å²) in [7, 11) is 0. The second kappa shape index (κ2) is 11.7. The summed E-state index contributed by atoms with van der Waals surface area (Å²) in [4.78, 5) is 41.2. The van der Waals surface area contributed by atoms with Gasteiger partial charge in [0.15, 0.2) is 0 Å². The number of hydrogen-bond acceptors (Lipinski definition) is 5. The molecule has 0 spiro atoms. The summed E-state index contributed by atoms with van der Waals surface area (Å²) in [5, 5.41) is 22.9. The highest BCUT2D eigenvalue weighted by molar-refractivity contribution is 5.95. The van der Waals surface area contributed by atoms with E-state index in [0.29, 0.717) is 24.9 Å². The minimum absolute atomic E-state index is 0.0122. The Morgan fingerprint density at radius 3 is 2.43 bits per heavy atom. The molecule has 3 amide bonds. The second-order valence-corrected chi connectivity index (χ2v) is 9.99. The van der Waals surface area contributed by atoms with Crippen molar-refractivity contribution in [1.29, 1.82) is 5.41 Å². The van der Waals surface area contributed by atoms with Gasteiger partial charge in [-0.05, 0) is 43.6 Å². The summed E-state index contributed by atoms with van der Waals surface area (Å²) in [6, 6.07) is 5.71. The van der Waals surface area contributed by atoms with Crippen molar-refractivity contribution in [2.45, 2.75) is 90.1 Å². The topological polar surface area (TPSA) is 149 Å². The highest BCUT2D eigenvalue weighted by Gasteiger charge is 2.49. The first-order valence-corrected chi connectivity index (χ1v) is 12.7. The number of carbonyl (C=O) groups is 3. The van der Waals surface area contributed by atoms with Crippen LogP contribution in [-0.4, -0.2) is 57.8 Å². The van der Waals surface area contributed by atoms with E-state index in [4.69, 9.17) is 11.1 Å². The Morgan fingerprint density at radius 1 is 1.17 bits per heavy atom. The molecule has 1 aliphatic carbocycles. The van der Waals surface area contributed by atoms with E-state index in [1.807, 2.05) is 26.0 Å². The maximum atomic E-state index is 13.9. The number of nitrogens with zero attached hydrogens (tertiary/aromatic N) is 1. The van der Waals surface area contributed by atoms with Crippen molar-refractivity contribution >= 4 is 23.6 Å². The molecule has 0 radical (unpaired) electrons. The molecule has 1 saturated heterocycles. The molecule has 9 nitrogen and oxygen atoms in total. The van der Waals surface area contributed by atoms with Crippen molar-refractivity contribution in [3.05, 3.63) is 35.4 Å². The van der Waals surface area contributed by atoms with Gasteiger partial charge < -0.3 is 26.4 Å². The van der Waals surface area contributed by atoms with E-state index in [2.05, 4.69) is 10.6 Å². The maximum absolute atomic E-state index is 13.9. The van der Waals surface area contributed by atoms with Crippen molar-refractivity contribution in [3.8, 4) is 0 Å². The van der Waals surface area contributed by atoms with Crippen LogP contribution in [0.4, 0.5) is 0 Å². The third-order valence-corrected chi connectivity index (χ3v) is 7.53. The Balaban J connectivity index is 1.79. The number of amides is 3. The van der Waals surface area contributed by atoms with E-state index >= 15 is 0 Å². The average Bonchev–Trinajstić information content (AvgIpc) is 3.24. The Bertz CT molecular complexity index is 932. The van der Waals surface area contributed by atoms with Crippen LogP contribution in [0.3, 0.4) is 0 Å². The zero-order valence-electron chi connectivity index (χ0n) is 20.9. The quantitative estimate of drug-likeness (QED) is 0.266. The minimum atomic E-state index is -1.22. The van der Waals surface area contributed by atoms with Gasteiger partial charge in [0.2, 0.25) is 17.7 Å². The lowest BCUT2D eigenvalue weighted by molar-refractivity contribution is -0.146. The fourth-order valence-electron chi connectivity index (χ4n) is 5.24. The number of amidine groups is 1. The van der Waals surface area contributed by atoms with Gasteiger partial charge in [-0.25, -0.2) is 0 Å². The number of nitrogen functional groups attached to an aromatic ring is 1. The van der Waals surface area contributed by atoms with Crippen LogP contribution in [0.5, 0.6) is 0 Å². The van der Waals surface area contributed by atoms with Crippen molar-refractivity contribution in [3.63, 3.8) is 0 Å². The van der Waals surface area contributed by atoms with Gasteiger partial charge in [-0.2, -0.15) is 0 Å². The molecule has 1 aliphatic heterocycles. The Labute approximate surface area is 207 Å². The molecule has 1 saturated carbocycles. The Kier molecular flexibility index (Phi) is 8.88. The van der Waals surface area contributed by atoms with Crippen molar-refractivity contribution < 1.29 is 19.5 Å². The van der Waals surface area contributed by atoms with Gasteiger partial charge in [-0.3, -0.25) is 19.8 Å². The molecule has 6 atom stereocenters. The molecule has 9 heteroatoms. The van der Waals surface area contributed by atoms with E-state index in [0.717, 1.165) is 31.2 Å². The summed E-state index contributed by atoms with van der Waals surface area (Å²) >= 11 is 0. The van der Waals surface area contributed by atoms with E-state index in [1.165, 1.54) is 6.92 Å². The number of nitrogens with two attached hydrogens (primary N) is 1. The number of benzene rings is 1. The zero-order valence-corrected chi connectivity index (χ0v) is 20.9. The first kappa shape index (κ1) is 26.7. The number of carbonyl (C=O) groups excluding carboxylic acids is 3. The molecule has 0 aromatic heterocycles. The summed E-state index contributed by atoms with van der Waals surface area (Å²) < 4.78 is 0. The standard InChI is InChI=1S/C26H39N5O4/c1-4-15(2)22(30-24(33)16(3)32)26(35)31-20-8-6-5-7-19(20)13-21(31)25(34)29-14-17-9-11-18(12-10-17)23(27)28/h9-12,15-16,19-22,32H,4-8,13-14H2,1-3H3,(H3,27,28)(H,29,34)(H,30,33)/t15-,16+,19-,20-,21-,22+/m0/s1. The van der Waals surface area contributed by atoms with E-state index in [1.54, 1.807) is 17.0 Å². The molecule has 1 aromatic rings. The van der Waals surface area contributed by atoms with E-state index < -0.39 is 24.1 Å². The van der Waals surface area contributed by atoms with Crippen LogP contribution >= 0.6 is 0 Å². The monoisotopic (exact) mass is 485 g/mol. The largest absolute Gasteiger partial charge is 0.384 e. The minimum Gasteiger partial charge on any atom is -0.384 e. The van der Waals surface area contributed by atoms with E-state index in [9.17, 15) is 19.5 Å². The smallest absolute Gasteiger partial charge is 0.249 e. The summed E-state index contributed by atoms with van der Waals surface area (Å²) in [5.41, 5.74) is 7.00. The maximum Gasteiger partial charge on any atom is 0.249 e. The molecule has 1 aromatic carbocycles. The number of hydrogen-bond donors (Lipinski definition) is 5. The fraction of sp³-hybridized carbons (Fsp3) is 0.615. The highest BCUT2D eigenvalue weighted by Crippen LogP contribution is 2.40. The number of nitrogens with one attached hydrogen (secondary N) is 3. The first-order valence-electron chi connectivity index (χ1n) is 12.7. The van der Waals surface area contributed by atoms with Gasteiger partial charge in [0.25, 0.3) is 0 Å². The fourth-order valence-corrected chi connectivity index (χ4v) is 5.24. The van der Waals surface area contributed by atoms with Crippen LogP contribution < -0.4 is 16.4 Å². The summed E-state index contributed by atoms with van der Waals surface area (Å²) in [6.45, 7) is 5.53. The molecule has 2 aliphatic rings. The average molecular weight is 486 g/mol. The van der Waals surface area contributed by atoms with Gasteiger partial charge in [-0.15, -0.1) is 0 Å². The van der Waals surface area contributed by atoms with Crippen LogP contribution in [0, 0.1) is 17.2 Å². The lowest BCUT2D eigenvalue weighted by Gasteiger charge is -2.37. The molecule has 0 bridgehead atoms. The number of aliphatic hydroxyl groups is 1. The van der Waals surface area contributed by atoms with Crippen LogP contribution in [0.1, 0.15) is 70.4 Å². The third kappa shape index (κ3) is 6.20. The Morgan fingerprint density at radius 2 is 1.83 bits per heavy atom. The normalized spacial score (nSPS) is 24.1.